The van der Waals surface area contributed by atoms with Crippen molar-refractivity contribution in [3.05, 3.63) is 51.5 Å². The molecule has 0 saturated carbocycles. The SMILES string of the molecule is Cc1ccc(NCc2cc(Br)cc3c2OCC3)cc1N. The molecule has 3 rings (SSSR count). The Hall–Kier alpha value is -1.68. The van der Waals surface area contributed by atoms with E-state index in [1.807, 2.05) is 25.1 Å². The van der Waals surface area contributed by atoms with Crippen LogP contribution in [0, 0.1) is 6.92 Å². The summed E-state index contributed by atoms with van der Waals surface area (Å²) in [5.41, 5.74) is 11.3. The van der Waals surface area contributed by atoms with Crippen LogP contribution in [0.4, 0.5) is 11.4 Å². The summed E-state index contributed by atoms with van der Waals surface area (Å²) in [6.07, 6.45) is 0.985. The molecule has 20 heavy (non-hydrogen) atoms. The van der Waals surface area contributed by atoms with E-state index in [0.29, 0.717) is 0 Å². The zero-order valence-corrected chi connectivity index (χ0v) is 13.0. The molecule has 0 unspecified atom stereocenters. The first-order valence-electron chi connectivity index (χ1n) is 6.67. The van der Waals surface area contributed by atoms with Crippen molar-refractivity contribution < 1.29 is 4.74 Å². The summed E-state index contributed by atoms with van der Waals surface area (Å²) >= 11 is 3.56. The molecule has 0 aliphatic carbocycles. The molecule has 1 aliphatic heterocycles. The van der Waals surface area contributed by atoms with Crippen molar-refractivity contribution in [2.45, 2.75) is 19.9 Å². The number of nitrogens with two attached hydrogens (primary N) is 1. The van der Waals surface area contributed by atoms with Crippen LogP contribution in [0.5, 0.6) is 5.75 Å². The standard InChI is InChI=1S/C16H17BrN2O/c1-10-2-3-14(8-15(10)18)19-9-12-7-13(17)6-11-4-5-20-16(11)12/h2-3,6-8,19H,4-5,9,18H2,1H3. The maximum atomic E-state index is 5.93. The first-order valence-corrected chi connectivity index (χ1v) is 7.47. The number of hydrogen-bond donors (Lipinski definition) is 2. The fourth-order valence-corrected chi connectivity index (χ4v) is 2.98. The average molecular weight is 333 g/mol. The van der Waals surface area contributed by atoms with Gasteiger partial charge in [0, 0.05) is 34.4 Å². The summed E-state index contributed by atoms with van der Waals surface area (Å²) in [4.78, 5) is 0. The van der Waals surface area contributed by atoms with Crippen molar-refractivity contribution in [1.29, 1.82) is 0 Å². The number of anilines is 2. The first-order chi connectivity index (χ1) is 9.63. The second kappa shape index (κ2) is 5.37. The Labute approximate surface area is 127 Å². The van der Waals surface area contributed by atoms with Gasteiger partial charge in [-0.05, 0) is 42.3 Å². The molecule has 1 heterocycles. The summed E-state index contributed by atoms with van der Waals surface area (Å²) in [5, 5.41) is 3.41. The third-order valence-electron chi connectivity index (χ3n) is 3.59. The highest BCUT2D eigenvalue weighted by atomic mass is 79.9. The Balaban J connectivity index is 1.80. The smallest absolute Gasteiger partial charge is 0.127 e. The van der Waals surface area contributed by atoms with E-state index >= 15 is 0 Å². The summed E-state index contributed by atoms with van der Waals surface area (Å²) < 4.78 is 6.83. The minimum Gasteiger partial charge on any atom is -0.493 e. The Bertz CT molecular complexity index is 655. The van der Waals surface area contributed by atoms with Gasteiger partial charge in [-0.1, -0.05) is 22.0 Å². The van der Waals surface area contributed by atoms with Crippen molar-refractivity contribution in [2.24, 2.45) is 0 Å². The highest BCUT2D eigenvalue weighted by Gasteiger charge is 2.17. The second-order valence-electron chi connectivity index (χ2n) is 5.08. The van der Waals surface area contributed by atoms with Crippen LogP contribution in [-0.4, -0.2) is 6.61 Å². The van der Waals surface area contributed by atoms with E-state index in [2.05, 4.69) is 33.4 Å². The van der Waals surface area contributed by atoms with Crippen molar-refractivity contribution in [3.8, 4) is 5.75 Å². The van der Waals surface area contributed by atoms with Crippen molar-refractivity contribution in [2.75, 3.05) is 17.7 Å². The normalized spacial score (nSPS) is 12.9. The Morgan fingerprint density at radius 2 is 2.15 bits per heavy atom. The number of rotatable bonds is 3. The van der Waals surface area contributed by atoms with Gasteiger partial charge in [-0.3, -0.25) is 0 Å². The van der Waals surface area contributed by atoms with Crippen LogP contribution < -0.4 is 15.8 Å². The lowest BCUT2D eigenvalue weighted by molar-refractivity contribution is 0.354. The fraction of sp³-hybridized carbons (Fsp3) is 0.250. The molecule has 0 radical (unpaired) electrons. The van der Waals surface area contributed by atoms with Crippen LogP contribution in [0.1, 0.15) is 16.7 Å². The Morgan fingerprint density at radius 1 is 1.30 bits per heavy atom. The minimum atomic E-state index is 0.726. The zero-order valence-electron chi connectivity index (χ0n) is 11.4. The van der Waals surface area contributed by atoms with E-state index in [-0.39, 0.29) is 0 Å². The predicted octanol–water partition coefficient (Wildman–Crippen LogP) is 3.89. The van der Waals surface area contributed by atoms with E-state index in [9.17, 15) is 0 Å². The third kappa shape index (κ3) is 2.61. The van der Waals surface area contributed by atoms with Gasteiger partial charge in [0.2, 0.25) is 0 Å². The van der Waals surface area contributed by atoms with Gasteiger partial charge < -0.3 is 15.8 Å². The van der Waals surface area contributed by atoms with Crippen LogP contribution >= 0.6 is 15.9 Å². The lowest BCUT2D eigenvalue weighted by Gasteiger charge is -2.12. The molecule has 1 aliphatic rings. The largest absolute Gasteiger partial charge is 0.493 e. The second-order valence-corrected chi connectivity index (χ2v) is 5.99. The van der Waals surface area contributed by atoms with Crippen LogP contribution in [-0.2, 0) is 13.0 Å². The number of nitrogens with one attached hydrogen (secondary N) is 1. The highest BCUT2D eigenvalue weighted by Crippen LogP contribution is 2.33. The van der Waals surface area contributed by atoms with E-state index in [0.717, 1.165) is 46.7 Å². The van der Waals surface area contributed by atoms with E-state index < -0.39 is 0 Å². The van der Waals surface area contributed by atoms with Crippen LogP contribution in [0.15, 0.2) is 34.8 Å². The predicted molar refractivity (Wildman–Crippen MR) is 86.3 cm³/mol. The number of aryl methyl sites for hydroxylation is 1. The van der Waals surface area contributed by atoms with Crippen molar-refractivity contribution >= 4 is 27.3 Å². The van der Waals surface area contributed by atoms with Crippen LogP contribution in [0.25, 0.3) is 0 Å². The quantitative estimate of drug-likeness (QED) is 0.838. The van der Waals surface area contributed by atoms with Crippen molar-refractivity contribution in [3.63, 3.8) is 0 Å². The molecule has 0 fully saturated rings. The maximum Gasteiger partial charge on any atom is 0.127 e. The minimum absolute atomic E-state index is 0.726. The molecule has 4 heteroatoms. The monoisotopic (exact) mass is 332 g/mol. The van der Waals surface area contributed by atoms with Gasteiger partial charge in [0.15, 0.2) is 0 Å². The number of nitrogen functional groups attached to an aromatic ring is 1. The number of ether oxygens (including phenoxy) is 1. The molecule has 0 spiro atoms. The molecular weight excluding hydrogens is 316 g/mol. The number of fused-ring (bicyclic) bond motifs is 1. The van der Waals surface area contributed by atoms with Crippen molar-refractivity contribution in [1.82, 2.24) is 0 Å². The number of hydrogen-bond acceptors (Lipinski definition) is 3. The van der Waals surface area contributed by atoms with Gasteiger partial charge in [0.1, 0.15) is 5.75 Å². The van der Waals surface area contributed by atoms with E-state index in [1.54, 1.807) is 0 Å². The van der Waals surface area contributed by atoms with Gasteiger partial charge in [-0.2, -0.15) is 0 Å². The molecule has 104 valence electrons. The molecular formula is C16H17BrN2O. The van der Waals surface area contributed by atoms with Crippen LogP contribution in [0.2, 0.25) is 0 Å². The Kier molecular flexibility index (Phi) is 3.57. The molecule has 0 saturated heterocycles. The highest BCUT2D eigenvalue weighted by molar-refractivity contribution is 9.10. The molecule has 2 aromatic rings. The lowest BCUT2D eigenvalue weighted by Crippen LogP contribution is -2.02. The number of benzene rings is 2. The topological polar surface area (TPSA) is 47.3 Å². The molecule has 0 bridgehead atoms. The summed E-state index contributed by atoms with van der Waals surface area (Å²) in [5.74, 6) is 1.03. The van der Waals surface area contributed by atoms with Gasteiger partial charge in [0.25, 0.3) is 0 Å². The van der Waals surface area contributed by atoms with Crippen LogP contribution in [0.3, 0.4) is 0 Å². The first kappa shape index (κ1) is 13.3. The summed E-state index contributed by atoms with van der Waals surface area (Å²) in [6.45, 7) is 3.51. The molecule has 3 nitrogen and oxygen atoms in total. The summed E-state index contributed by atoms with van der Waals surface area (Å²) in [6, 6.07) is 10.3. The van der Waals surface area contributed by atoms with Gasteiger partial charge in [-0.25, -0.2) is 0 Å². The van der Waals surface area contributed by atoms with E-state index in [1.165, 1.54) is 11.1 Å². The molecule has 3 N–H and O–H groups in total. The summed E-state index contributed by atoms with van der Waals surface area (Å²) in [7, 11) is 0. The molecule has 0 atom stereocenters. The zero-order chi connectivity index (χ0) is 14.1. The lowest BCUT2D eigenvalue weighted by atomic mass is 10.1. The molecule has 0 aromatic heterocycles. The van der Waals surface area contributed by atoms with Gasteiger partial charge >= 0.3 is 0 Å². The van der Waals surface area contributed by atoms with Gasteiger partial charge in [0.05, 0.1) is 6.61 Å². The number of halogens is 1. The van der Waals surface area contributed by atoms with Gasteiger partial charge in [-0.15, -0.1) is 0 Å². The average Bonchev–Trinajstić information content (AvgIpc) is 2.88. The van der Waals surface area contributed by atoms with E-state index in [4.69, 9.17) is 10.5 Å². The fourth-order valence-electron chi connectivity index (χ4n) is 2.43. The molecule has 0 amide bonds. The third-order valence-corrected chi connectivity index (χ3v) is 4.05. The maximum absolute atomic E-state index is 5.93. The Morgan fingerprint density at radius 3 is 2.95 bits per heavy atom. The molecule has 2 aromatic carbocycles.